The van der Waals surface area contributed by atoms with Crippen LogP contribution in [0.2, 0.25) is 0 Å². The van der Waals surface area contributed by atoms with Crippen LogP contribution in [0.4, 0.5) is 4.79 Å². The minimum Gasteiger partial charge on any atom is -0.508 e. The molecule has 3 amide bonds. The first-order valence-electron chi connectivity index (χ1n) is 13.7. The number of amides is 3. The largest absolute Gasteiger partial charge is 0.508 e. The second kappa shape index (κ2) is 14.0. The van der Waals surface area contributed by atoms with Gasteiger partial charge in [0, 0.05) is 19.0 Å². The van der Waals surface area contributed by atoms with Crippen LogP contribution in [0.1, 0.15) is 82.7 Å². The Labute approximate surface area is 233 Å². The standard InChI is InChI=1S/C31H45N3O5/c1-9-12-21(4)32-28(36)27(25-14-11-13-20(3)22(25)5)34(10-2)29(37)26(33-30(38)39-31(6,7)8)19-23-15-17-24(35)18-16-23/h11,13-18,21,26-27,35H,9-10,12,19H2,1-8H3,(H,32,36)(H,33,38). The summed E-state index contributed by atoms with van der Waals surface area (Å²) in [6.45, 7) is 15.3. The van der Waals surface area contributed by atoms with E-state index in [2.05, 4.69) is 17.6 Å². The molecule has 0 heterocycles. The Morgan fingerprint density at radius 2 is 1.64 bits per heavy atom. The lowest BCUT2D eigenvalue weighted by atomic mass is 9.94. The van der Waals surface area contributed by atoms with E-state index in [-0.39, 0.29) is 30.7 Å². The number of phenols is 1. The van der Waals surface area contributed by atoms with Gasteiger partial charge in [0.1, 0.15) is 23.4 Å². The number of carbonyl (C=O) groups excluding carboxylic acids is 3. The molecule has 2 rings (SSSR count). The Bertz CT molecular complexity index is 1120. The summed E-state index contributed by atoms with van der Waals surface area (Å²) in [5, 5.41) is 15.5. The highest BCUT2D eigenvalue weighted by atomic mass is 16.6. The molecule has 3 atom stereocenters. The van der Waals surface area contributed by atoms with Gasteiger partial charge in [-0.2, -0.15) is 0 Å². The number of alkyl carbamates (subject to hydrolysis) is 1. The van der Waals surface area contributed by atoms with Gasteiger partial charge in [0.15, 0.2) is 0 Å². The molecule has 3 N–H and O–H groups in total. The molecule has 0 aliphatic carbocycles. The predicted molar refractivity (Wildman–Crippen MR) is 154 cm³/mol. The van der Waals surface area contributed by atoms with Crippen molar-refractivity contribution < 1.29 is 24.2 Å². The Balaban J connectivity index is 2.53. The van der Waals surface area contributed by atoms with Crippen molar-refractivity contribution in [1.29, 1.82) is 0 Å². The summed E-state index contributed by atoms with van der Waals surface area (Å²) in [5.74, 6) is -0.564. The van der Waals surface area contributed by atoms with Gasteiger partial charge in [-0.05, 0) is 89.3 Å². The average Bonchev–Trinajstić information content (AvgIpc) is 2.84. The van der Waals surface area contributed by atoms with Gasteiger partial charge in [0.05, 0.1) is 0 Å². The number of carbonyl (C=O) groups is 3. The molecule has 0 aliphatic heterocycles. The van der Waals surface area contributed by atoms with Gasteiger partial charge in [0.25, 0.3) is 0 Å². The lowest BCUT2D eigenvalue weighted by Crippen LogP contribution is -2.54. The molecule has 214 valence electrons. The van der Waals surface area contributed by atoms with Crippen molar-refractivity contribution in [1.82, 2.24) is 15.5 Å². The number of aromatic hydroxyl groups is 1. The van der Waals surface area contributed by atoms with Crippen molar-refractivity contribution in [3.8, 4) is 5.75 Å². The maximum atomic E-state index is 14.2. The molecule has 39 heavy (non-hydrogen) atoms. The van der Waals surface area contributed by atoms with E-state index in [0.29, 0.717) is 0 Å². The minimum absolute atomic E-state index is 0.0587. The number of benzene rings is 2. The highest BCUT2D eigenvalue weighted by molar-refractivity contribution is 5.92. The van der Waals surface area contributed by atoms with E-state index in [4.69, 9.17) is 4.74 Å². The van der Waals surface area contributed by atoms with Gasteiger partial charge in [-0.25, -0.2) is 4.79 Å². The van der Waals surface area contributed by atoms with E-state index >= 15 is 0 Å². The number of hydrogen-bond donors (Lipinski definition) is 3. The van der Waals surface area contributed by atoms with Crippen LogP contribution in [-0.2, 0) is 20.7 Å². The summed E-state index contributed by atoms with van der Waals surface area (Å²) in [4.78, 5) is 42.3. The lowest BCUT2D eigenvalue weighted by Gasteiger charge is -2.35. The quantitative estimate of drug-likeness (QED) is 0.357. The molecule has 2 aromatic carbocycles. The number of phenolic OH excluding ortho intramolecular Hbond substituents is 1. The van der Waals surface area contributed by atoms with Gasteiger partial charge in [-0.1, -0.05) is 43.7 Å². The van der Waals surface area contributed by atoms with Crippen LogP contribution in [0, 0.1) is 13.8 Å². The van der Waals surface area contributed by atoms with Crippen molar-refractivity contribution in [2.24, 2.45) is 0 Å². The first-order chi connectivity index (χ1) is 18.3. The average molecular weight is 540 g/mol. The van der Waals surface area contributed by atoms with Gasteiger partial charge >= 0.3 is 6.09 Å². The molecule has 0 aromatic heterocycles. The van der Waals surface area contributed by atoms with Crippen LogP contribution in [0.3, 0.4) is 0 Å². The molecular formula is C31H45N3O5. The second-order valence-corrected chi connectivity index (χ2v) is 11.1. The smallest absolute Gasteiger partial charge is 0.408 e. The maximum absolute atomic E-state index is 14.2. The van der Waals surface area contributed by atoms with Crippen LogP contribution in [0.25, 0.3) is 0 Å². The third-order valence-electron chi connectivity index (χ3n) is 6.60. The van der Waals surface area contributed by atoms with Crippen molar-refractivity contribution in [2.75, 3.05) is 6.54 Å². The van der Waals surface area contributed by atoms with Gasteiger partial charge in [-0.3, -0.25) is 9.59 Å². The van der Waals surface area contributed by atoms with Crippen LogP contribution in [0.15, 0.2) is 42.5 Å². The lowest BCUT2D eigenvalue weighted by molar-refractivity contribution is -0.142. The van der Waals surface area contributed by atoms with Crippen LogP contribution < -0.4 is 10.6 Å². The zero-order valence-corrected chi connectivity index (χ0v) is 24.6. The molecule has 8 heteroatoms. The summed E-state index contributed by atoms with van der Waals surface area (Å²) < 4.78 is 5.46. The molecule has 2 aromatic rings. The Morgan fingerprint density at radius 1 is 1.00 bits per heavy atom. The molecule has 0 radical (unpaired) electrons. The second-order valence-electron chi connectivity index (χ2n) is 11.1. The fraction of sp³-hybridized carbons (Fsp3) is 0.516. The fourth-order valence-electron chi connectivity index (χ4n) is 4.53. The molecular weight excluding hydrogens is 494 g/mol. The van der Waals surface area contributed by atoms with Gasteiger partial charge in [0.2, 0.25) is 11.8 Å². The molecule has 0 fully saturated rings. The predicted octanol–water partition coefficient (Wildman–Crippen LogP) is 5.34. The van der Waals surface area contributed by atoms with Crippen LogP contribution in [-0.4, -0.2) is 52.1 Å². The van der Waals surface area contributed by atoms with Crippen molar-refractivity contribution in [3.63, 3.8) is 0 Å². The van der Waals surface area contributed by atoms with Crippen molar-refractivity contribution >= 4 is 17.9 Å². The molecule has 0 bridgehead atoms. The van der Waals surface area contributed by atoms with E-state index in [1.807, 2.05) is 45.9 Å². The highest BCUT2D eigenvalue weighted by Crippen LogP contribution is 2.28. The molecule has 0 saturated carbocycles. The number of rotatable bonds is 11. The Morgan fingerprint density at radius 3 is 2.21 bits per heavy atom. The topological polar surface area (TPSA) is 108 Å². The summed E-state index contributed by atoms with van der Waals surface area (Å²) in [7, 11) is 0. The van der Waals surface area contributed by atoms with E-state index in [0.717, 1.165) is 35.1 Å². The first-order valence-corrected chi connectivity index (χ1v) is 13.7. The summed E-state index contributed by atoms with van der Waals surface area (Å²) in [6, 6.07) is 10.3. The summed E-state index contributed by atoms with van der Waals surface area (Å²) in [6.07, 6.45) is 1.16. The van der Waals surface area contributed by atoms with E-state index in [1.54, 1.807) is 32.9 Å². The molecule has 0 aliphatic rings. The summed E-state index contributed by atoms with van der Waals surface area (Å²) in [5.41, 5.74) is 2.68. The fourth-order valence-corrected chi connectivity index (χ4v) is 4.53. The monoisotopic (exact) mass is 539 g/mol. The number of nitrogens with one attached hydrogen (secondary N) is 2. The number of hydrogen-bond acceptors (Lipinski definition) is 5. The van der Waals surface area contributed by atoms with Gasteiger partial charge in [-0.15, -0.1) is 0 Å². The Kier molecular flexibility index (Phi) is 11.4. The first kappa shape index (κ1) is 31.7. The highest BCUT2D eigenvalue weighted by Gasteiger charge is 2.36. The number of aryl methyl sites for hydroxylation is 1. The molecule has 0 saturated heterocycles. The van der Waals surface area contributed by atoms with E-state index in [1.165, 1.54) is 17.0 Å². The van der Waals surface area contributed by atoms with Crippen LogP contribution in [0.5, 0.6) is 5.75 Å². The zero-order chi connectivity index (χ0) is 29.3. The van der Waals surface area contributed by atoms with Crippen molar-refractivity contribution in [3.05, 3.63) is 64.7 Å². The third kappa shape index (κ3) is 9.30. The van der Waals surface area contributed by atoms with E-state index in [9.17, 15) is 19.5 Å². The number of nitrogens with zero attached hydrogens (tertiary/aromatic N) is 1. The summed E-state index contributed by atoms with van der Waals surface area (Å²) >= 11 is 0. The van der Waals surface area contributed by atoms with Gasteiger partial charge < -0.3 is 25.4 Å². The normalized spacial score (nSPS) is 13.6. The number of ether oxygens (including phenoxy) is 1. The van der Waals surface area contributed by atoms with Crippen molar-refractivity contribution in [2.45, 2.75) is 98.4 Å². The third-order valence-corrected chi connectivity index (χ3v) is 6.60. The SMILES string of the molecule is CCCC(C)NC(=O)C(c1cccc(C)c1C)N(CC)C(=O)C(Cc1ccc(O)cc1)NC(=O)OC(C)(C)C. The zero-order valence-electron chi connectivity index (χ0n) is 24.6. The number of likely N-dealkylation sites (N-methyl/N-ethyl adjacent to an activating group) is 1. The van der Waals surface area contributed by atoms with Crippen LogP contribution >= 0.6 is 0 Å². The maximum Gasteiger partial charge on any atom is 0.408 e. The molecule has 8 nitrogen and oxygen atoms in total. The minimum atomic E-state index is -1.00. The molecule has 3 unspecified atom stereocenters. The molecule has 0 spiro atoms. The Hall–Kier alpha value is -3.55. The van der Waals surface area contributed by atoms with E-state index < -0.39 is 29.7 Å².